The molecule has 1 aromatic heterocycles. The van der Waals surface area contributed by atoms with Gasteiger partial charge in [0, 0.05) is 5.69 Å². The molecule has 2 aromatic rings. The summed E-state index contributed by atoms with van der Waals surface area (Å²) in [5.74, 6) is -0.183. The van der Waals surface area contributed by atoms with Crippen molar-refractivity contribution in [2.45, 2.75) is 62.1 Å². The van der Waals surface area contributed by atoms with Crippen LogP contribution in [0.15, 0.2) is 29.4 Å². The number of hydrogen-bond donors (Lipinski definition) is 1. The number of hydrogen-bond acceptors (Lipinski definition) is 6. The Labute approximate surface area is 159 Å². The van der Waals surface area contributed by atoms with Crippen LogP contribution in [-0.2, 0) is 4.79 Å². The smallest absolute Gasteiger partial charge is 0.387 e. The first kappa shape index (κ1) is 19.5. The number of halogens is 2. The average molecular weight is 397 g/mol. The van der Waals surface area contributed by atoms with Gasteiger partial charge in [0.2, 0.25) is 11.1 Å². The highest BCUT2D eigenvalue weighted by atomic mass is 32.2. The van der Waals surface area contributed by atoms with Crippen LogP contribution in [0.25, 0.3) is 0 Å². The normalized spacial score (nSPS) is 16.3. The van der Waals surface area contributed by atoms with Crippen LogP contribution in [0, 0.1) is 0 Å². The van der Waals surface area contributed by atoms with Crippen molar-refractivity contribution in [3.8, 4) is 5.75 Å². The Balaban J connectivity index is 1.57. The largest absolute Gasteiger partial charge is 0.435 e. The van der Waals surface area contributed by atoms with Gasteiger partial charge < -0.3 is 10.1 Å². The molecule has 0 saturated heterocycles. The fourth-order valence-corrected chi connectivity index (χ4v) is 3.85. The van der Waals surface area contributed by atoms with E-state index in [1.54, 1.807) is 6.92 Å². The van der Waals surface area contributed by atoms with Gasteiger partial charge in [-0.2, -0.15) is 8.78 Å². The first-order valence-electron chi connectivity index (χ1n) is 8.83. The molecule has 146 valence electrons. The average Bonchev–Trinajstić information content (AvgIpc) is 3.11. The molecule has 1 amide bonds. The summed E-state index contributed by atoms with van der Waals surface area (Å²) in [6.07, 6.45) is 5.66. The number of nitrogens with one attached hydrogen (secondary N) is 1. The lowest BCUT2D eigenvalue weighted by molar-refractivity contribution is -0.115. The molecule has 1 unspecified atom stereocenters. The van der Waals surface area contributed by atoms with E-state index in [9.17, 15) is 13.6 Å². The summed E-state index contributed by atoms with van der Waals surface area (Å²) in [6.45, 7) is -1.11. The standard InChI is InChI=1S/C17H21F2N5O2S/c1-11(15(25)20-12-7-9-14(10-8-12)26-16(18)19)27-17-21-22-23-24(17)13-5-3-2-4-6-13/h7-11,13,16H,2-6H2,1H3,(H,20,25). The molecule has 0 aliphatic heterocycles. The highest BCUT2D eigenvalue weighted by Crippen LogP contribution is 2.31. The molecule has 1 aliphatic carbocycles. The number of carbonyl (C=O) groups is 1. The molecule has 1 saturated carbocycles. The molecule has 27 heavy (non-hydrogen) atoms. The van der Waals surface area contributed by atoms with Crippen LogP contribution in [0.1, 0.15) is 45.1 Å². The van der Waals surface area contributed by atoms with E-state index in [0.29, 0.717) is 10.8 Å². The summed E-state index contributed by atoms with van der Waals surface area (Å²) in [6, 6.07) is 6.07. The molecule has 1 aromatic carbocycles. The molecule has 0 radical (unpaired) electrons. The highest BCUT2D eigenvalue weighted by molar-refractivity contribution is 8.00. The summed E-state index contributed by atoms with van der Waals surface area (Å²) < 4.78 is 30.5. The van der Waals surface area contributed by atoms with E-state index in [0.717, 1.165) is 25.7 Å². The van der Waals surface area contributed by atoms with E-state index in [4.69, 9.17) is 0 Å². The molecule has 1 fully saturated rings. The van der Waals surface area contributed by atoms with Crippen molar-refractivity contribution in [1.82, 2.24) is 20.2 Å². The van der Waals surface area contributed by atoms with Crippen LogP contribution in [0.3, 0.4) is 0 Å². The minimum Gasteiger partial charge on any atom is -0.435 e. The lowest BCUT2D eigenvalue weighted by Crippen LogP contribution is -2.23. The van der Waals surface area contributed by atoms with Crippen molar-refractivity contribution in [1.29, 1.82) is 0 Å². The zero-order valence-electron chi connectivity index (χ0n) is 14.8. The molecule has 1 N–H and O–H groups in total. The van der Waals surface area contributed by atoms with Gasteiger partial charge in [-0.15, -0.1) is 5.10 Å². The number of alkyl halides is 2. The van der Waals surface area contributed by atoms with E-state index in [-0.39, 0.29) is 17.7 Å². The van der Waals surface area contributed by atoms with E-state index in [1.807, 2.05) is 4.68 Å². The zero-order chi connectivity index (χ0) is 19.2. The fourth-order valence-electron chi connectivity index (χ4n) is 2.99. The third-order valence-corrected chi connectivity index (χ3v) is 5.43. The van der Waals surface area contributed by atoms with Gasteiger partial charge in [0.05, 0.1) is 11.3 Å². The Hall–Kier alpha value is -2.23. The summed E-state index contributed by atoms with van der Waals surface area (Å²) in [4.78, 5) is 12.4. The Bertz CT molecular complexity index is 750. The Morgan fingerprint density at radius 2 is 1.96 bits per heavy atom. The van der Waals surface area contributed by atoms with Gasteiger partial charge in [-0.05, 0) is 54.5 Å². The summed E-state index contributed by atoms with van der Waals surface area (Å²) in [5.41, 5.74) is 0.501. The van der Waals surface area contributed by atoms with Crippen LogP contribution in [-0.4, -0.2) is 38.0 Å². The second kappa shape index (κ2) is 9.12. The maximum absolute atomic E-state index is 12.4. The fraction of sp³-hybridized carbons (Fsp3) is 0.529. The summed E-state index contributed by atoms with van der Waals surface area (Å²) in [5, 5.41) is 14.9. The molecular weight excluding hydrogens is 376 g/mol. The number of amides is 1. The van der Waals surface area contributed by atoms with E-state index >= 15 is 0 Å². The SMILES string of the molecule is CC(Sc1nnnn1C1CCCCC1)C(=O)Nc1ccc(OC(F)F)cc1. The number of benzene rings is 1. The van der Waals surface area contributed by atoms with Crippen LogP contribution in [0.4, 0.5) is 14.5 Å². The van der Waals surface area contributed by atoms with Crippen molar-refractivity contribution in [3.63, 3.8) is 0 Å². The number of rotatable bonds is 7. The van der Waals surface area contributed by atoms with Crippen molar-refractivity contribution in [3.05, 3.63) is 24.3 Å². The van der Waals surface area contributed by atoms with Gasteiger partial charge in [0.1, 0.15) is 5.75 Å². The monoisotopic (exact) mass is 397 g/mol. The molecule has 10 heteroatoms. The van der Waals surface area contributed by atoms with Crippen molar-refractivity contribution in [2.75, 3.05) is 5.32 Å². The number of carbonyl (C=O) groups excluding carboxylic acids is 1. The quantitative estimate of drug-likeness (QED) is 0.714. The third kappa shape index (κ3) is 5.38. The first-order valence-corrected chi connectivity index (χ1v) is 9.71. The van der Waals surface area contributed by atoms with Gasteiger partial charge in [0.25, 0.3) is 0 Å². The minimum absolute atomic E-state index is 0.0390. The second-order valence-corrected chi connectivity index (χ2v) is 7.66. The van der Waals surface area contributed by atoms with Gasteiger partial charge in [0.15, 0.2) is 0 Å². The Morgan fingerprint density at radius 1 is 1.26 bits per heavy atom. The lowest BCUT2D eigenvalue weighted by Gasteiger charge is -2.22. The number of anilines is 1. The minimum atomic E-state index is -2.88. The van der Waals surface area contributed by atoms with Crippen LogP contribution in [0.2, 0.25) is 0 Å². The molecular formula is C17H21F2N5O2S. The zero-order valence-corrected chi connectivity index (χ0v) is 15.7. The highest BCUT2D eigenvalue weighted by Gasteiger charge is 2.23. The van der Waals surface area contributed by atoms with E-state index in [1.165, 1.54) is 42.4 Å². The Morgan fingerprint density at radius 3 is 2.63 bits per heavy atom. The molecule has 3 rings (SSSR count). The van der Waals surface area contributed by atoms with Crippen molar-refractivity contribution >= 4 is 23.4 Å². The van der Waals surface area contributed by atoms with Crippen LogP contribution in [0.5, 0.6) is 5.75 Å². The van der Waals surface area contributed by atoms with Crippen molar-refractivity contribution < 1.29 is 18.3 Å². The topological polar surface area (TPSA) is 81.9 Å². The van der Waals surface area contributed by atoms with E-state index in [2.05, 4.69) is 25.6 Å². The lowest BCUT2D eigenvalue weighted by atomic mass is 9.96. The number of nitrogens with zero attached hydrogens (tertiary/aromatic N) is 4. The first-order chi connectivity index (χ1) is 13.0. The second-order valence-electron chi connectivity index (χ2n) is 6.35. The van der Waals surface area contributed by atoms with Crippen molar-refractivity contribution in [2.24, 2.45) is 0 Å². The maximum atomic E-state index is 12.4. The Kier molecular flexibility index (Phi) is 6.59. The van der Waals surface area contributed by atoms with Crippen LogP contribution >= 0.6 is 11.8 Å². The molecule has 0 spiro atoms. The van der Waals surface area contributed by atoms with Gasteiger partial charge in [-0.1, -0.05) is 31.0 Å². The maximum Gasteiger partial charge on any atom is 0.387 e. The van der Waals surface area contributed by atoms with E-state index < -0.39 is 11.9 Å². The molecule has 0 bridgehead atoms. The number of thioether (sulfide) groups is 1. The predicted octanol–water partition coefficient (Wildman–Crippen LogP) is 3.90. The number of tetrazole rings is 1. The number of ether oxygens (including phenoxy) is 1. The van der Waals surface area contributed by atoms with Crippen LogP contribution < -0.4 is 10.1 Å². The molecule has 1 heterocycles. The predicted molar refractivity (Wildman–Crippen MR) is 97.0 cm³/mol. The molecule has 1 aliphatic rings. The molecule has 1 atom stereocenters. The summed E-state index contributed by atoms with van der Waals surface area (Å²) in [7, 11) is 0. The summed E-state index contributed by atoms with van der Waals surface area (Å²) >= 11 is 1.30. The van der Waals surface area contributed by atoms with Gasteiger partial charge in [-0.3, -0.25) is 4.79 Å². The van der Waals surface area contributed by atoms with Gasteiger partial charge in [-0.25, -0.2) is 4.68 Å². The third-order valence-electron chi connectivity index (χ3n) is 4.38. The molecule has 7 nitrogen and oxygen atoms in total. The number of aromatic nitrogens is 4. The van der Waals surface area contributed by atoms with Gasteiger partial charge >= 0.3 is 6.61 Å².